The summed E-state index contributed by atoms with van der Waals surface area (Å²) in [6.07, 6.45) is 0. The first kappa shape index (κ1) is 11.3. The van der Waals surface area contributed by atoms with Crippen molar-refractivity contribution >= 4 is 16.9 Å². The second-order valence-electron chi connectivity index (χ2n) is 3.94. The van der Waals surface area contributed by atoms with E-state index < -0.39 is 0 Å². The largest absolute Gasteiger partial charge is 0.494 e. The number of ether oxygens (including phenoxy) is 1. The fourth-order valence-corrected chi connectivity index (χ4v) is 1.88. The molecule has 0 saturated carbocycles. The number of anilines is 1. The van der Waals surface area contributed by atoms with E-state index in [-0.39, 0.29) is 11.4 Å². The lowest BCUT2D eigenvalue weighted by Gasteiger charge is -2.09. The molecule has 19 heavy (non-hydrogen) atoms. The minimum atomic E-state index is -0.291. The number of aromatic amines is 1. The molecule has 3 N–H and O–H groups in total. The molecule has 96 valence electrons. The summed E-state index contributed by atoms with van der Waals surface area (Å²) in [7, 11) is 1.54. The highest BCUT2D eigenvalue weighted by atomic mass is 16.5. The summed E-state index contributed by atoms with van der Waals surface area (Å²) in [6, 6.07) is 8.52. The van der Waals surface area contributed by atoms with Crippen LogP contribution in [0.5, 0.6) is 5.75 Å². The lowest BCUT2D eigenvalue weighted by Crippen LogP contribution is -2.20. The molecule has 0 saturated heterocycles. The number of H-pyrrole nitrogens is 1. The predicted molar refractivity (Wildman–Crippen MR) is 70.5 cm³/mol. The smallest absolute Gasteiger partial charge is 0.273 e. The van der Waals surface area contributed by atoms with Crippen molar-refractivity contribution in [1.82, 2.24) is 20.0 Å². The van der Waals surface area contributed by atoms with Gasteiger partial charge in [0, 0.05) is 6.07 Å². The zero-order valence-corrected chi connectivity index (χ0v) is 10.1. The number of methoxy groups -OCH3 is 1. The van der Waals surface area contributed by atoms with E-state index >= 15 is 0 Å². The van der Waals surface area contributed by atoms with Gasteiger partial charge >= 0.3 is 0 Å². The standard InChI is InChI=1S/C12H11N5O2/c1-19-9-5-3-2-4-8(9)17-10(18)6-7-11(16-17)12(13)15-14-7/h2-6,14H,1H3,(H2,13,15). The van der Waals surface area contributed by atoms with Gasteiger partial charge in [0.2, 0.25) is 0 Å². The van der Waals surface area contributed by atoms with Crippen LogP contribution in [0.3, 0.4) is 0 Å². The number of hydrogen-bond acceptors (Lipinski definition) is 5. The molecule has 0 aliphatic carbocycles. The maximum Gasteiger partial charge on any atom is 0.273 e. The minimum Gasteiger partial charge on any atom is -0.494 e. The summed E-state index contributed by atoms with van der Waals surface area (Å²) in [6.45, 7) is 0. The van der Waals surface area contributed by atoms with Crippen LogP contribution in [-0.2, 0) is 0 Å². The van der Waals surface area contributed by atoms with Gasteiger partial charge in [-0.1, -0.05) is 12.1 Å². The summed E-state index contributed by atoms with van der Waals surface area (Å²) in [5.74, 6) is 0.803. The van der Waals surface area contributed by atoms with Gasteiger partial charge in [0.15, 0.2) is 11.3 Å². The Morgan fingerprint density at radius 3 is 2.95 bits per heavy atom. The van der Waals surface area contributed by atoms with E-state index in [1.165, 1.54) is 17.9 Å². The topological polar surface area (TPSA) is 98.8 Å². The number of rotatable bonds is 2. The number of nitrogens with two attached hydrogens (primary N) is 1. The van der Waals surface area contributed by atoms with Crippen LogP contribution >= 0.6 is 0 Å². The molecular formula is C12H11N5O2. The third-order valence-electron chi connectivity index (χ3n) is 2.78. The number of aromatic nitrogens is 4. The fourth-order valence-electron chi connectivity index (χ4n) is 1.88. The van der Waals surface area contributed by atoms with Crippen molar-refractivity contribution < 1.29 is 4.74 Å². The van der Waals surface area contributed by atoms with Crippen LogP contribution < -0.4 is 16.0 Å². The Morgan fingerprint density at radius 1 is 1.37 bits per heavy atom. The lowest BCUT2D eigenvalue weighted by molar-refractivity contribution is 0.411. The normalized spacial score (nSPS) is 10.8. The van der Waals surface area contributed by atoms with Gasteiger partial charge in [-0.25, -0.2) is 0 Å². The zero-order chi connectivity index (χ0) is 13.4. The second kappa shape index (κ2) is 4.13. The van der Waals surface area contributed by atoms with Gasteiger partial charge in [-0.05, 0) is 12.1 Å². The summed E-state index contributed by atoms with van der Waals surface area (Å²) < 4.78 is 6.47. The van der Waals surface area contributed by atoms with Gasteiger partial charge in [0.1, 0.15) is 11.4 Å². The summed E-state index contributed by atoms with van der Waals surface area (Å²) in [4.78, 5) is 12.1. The molecule has 0 atom stereocenters. The number of benzene rings is 1. The molecule has 2 heterocycles. The van der Waals surface area contributed by atoms with Crippen molar-refractivity contribution in [3.05, 3.63) is 40.7 Å². The molecule has 1 aromatic carbocycles. The first-order valence-corrected chi connectivity index (χ1v) is 5.58. The molecule has 0 fully saturated rings. The third-order valence-corrected chi connectivity index (χ3v) is 2.78. The Bertz CT molecular complexity index is 805. The first-order valence-electron chi connectivity index (χ1n) is 5.58. The lowest BCUT2D eigenvalue weighted by atomic mass is 10.3. The summed E-state index contributed by atoms with van der Waals surface area (Å²) >= 11 is 0. The Morgan fingerprint density at radius 2 is 2.16 bits per heavy atom. The van der Waals surface area contributed by atoms with Crippen LogP contribution in [0.2, 0.25) is 0 Å². The van der Waals surface area contributed by atoms with Crippen molar-refractivity contribution in [3.8, 4) is 11.4 Å². The van der Waals surface area contributed by atoms with Crippen LogP contribution in [0.25, 0.3) is 16.7 Å². The van der Waals surface area contributed by atoms with Gasteiger partial charge in [-0.15, -0.1) is 0 Å². The van der Waals surface area contributed by atoms with Crippen LogP contribution in [0.1, 0.15) is 0 Å². The van der Waals surface area contributed by atoms with Gasteiger partial charge in [0.25, 0.3) is 5.56 Å². The third kappa shape index (κ3) is 1.71. The Balaban J connectivity index is 2.32. The Labute approximate surface area is 107 Å². The van der Waals surface area contributed by atoms with Crippen molar-refractivity contribution in [3.63, 3.8) is 0 Å². The Kier molecular flexibility index (Phi) is 2.45. The van der Waals surface area contributed by atoms with E-state index in [1.54, 1.807) is 18.2 Å². The molecule has 0 aliphatic heterocycles. The highest BCUT2D eigenvalue weighted by Gasteiger charge is 2.11. The maximum atomic E-state index is 12.1. The van der Waals surface area contributed by atoms with E-state index in [0.717, 1.165) is 0 Å². The van der Waals surface area contributed by atoms with E-state index in [1.807, 2.05) is 6.07 Å². The van der Waals surface area contributed by atoms with E-state index in [2.05, 4.69) is 15.3 Å². The maximum absolute atomic E-state index is 12.1. The number of nitrogens with one attached hydrogen (secondary N) is 1. The molecular weight excluding hydrogens is 246 g/mol. The highest BCUT2D eigenvalue weighted by Crippen LogP contribution is 2.21. The molecule has 0 bridgehead atoms. The average molecular weight is 257 g/mol. The molecule has 3 aromatic rings. The molecule has 7 heteroatoms. The van der Waals surface area contributed by atoms with Gasteiger partial charge in [-0.3, -0.25) is 9.89 Å². The second-order valence-corrected chi connectivity index (χ2v) is 3.94. The van der Waals surface area contributed by atoms with Gasteiger partial charge in [-0.2, -0.15) is 14.9 Å². The molecule has 7 nitrogen and oxygen atoms in total. The minimum absolute atomic E-state index is 0.249. The summed E-state index contributed by atoms with van der Waals surface area (Å²) in [5.41, 5.74) is 6.91. The molecule has 0 spiro atoms. The van der Waals surface area contributed by atoms with E-state index in [9.17, 15) is 4.79 Å². The van der Waals surface area contributed by atoms with Crippen molar-refractivity contribution in [2.45, 2.75) is 0 Å². The Hall–Kier alpha value is -2.83. The van der Waals surface area contributed by atoms with Crippen LogP contribution in [0, 0.1) is 0 Å². The van der Waals surface area contributed by atoms with Crippen molar-refractivity contribution in [1.29, 1.82) is 0 Å². The number of hydrogen-bond donors (Lipinski definition) is 2. The fraction of sp³-hybridized carbons (Fsp3) is 0.0833. The molecule has 0 aliphatic rings. The highest BCUT2D eigenvalue weighted by molar-refractivity contribution is 5.83. The molecule has 0 radical (unpaired) electrons. The van der Waals surface area contributed by atoms with Crippen LogP contribution in [0.15, 0.2) is 35.1 Å². The molecule has 3 rings (SSSR count). The van der Waals surface area contributed by atoms with Gasteiger partial charge in [0.05, 0.1) is 12.6 Å². The van der Waals surface area contributed by atoms with Crippen LogP contribution in [-0.4, -0.2) is 27.1 Å². The summed E-state index contributed by atoms with van der Waals surface area (Å²) in [5, 5.41) is 10.7. The van der Waals surface area contributed by atoms with Crippen molar-refractivity contribution in [2.24, 2.45) is 0 Å². The first-order chi connectivity index (χ1) is 9.20. The zero-order valence-electron chi connectivity index (χ0n) is 10.1. The van der Waals surface area contributed by atoms with E-state index in [4.69, 9.17) is 10.5 Å². The number of nitrogens with zero attached hydrogens (tertiary/aromatic N) is 3. The SMILES string of the molecule is COc1ccccc1-n1nc2c(N)n[nH]c2cc1=O. The number of fused-ring (bicyclic) bond motifs is 1. The average Bonchev–Trinajstić information content (AvgIpc) is 2.78. The number of para-hydroxylation sites is 2. The van der Waals surface area contributed by atoms with Gasteiger partial charge < -0.3 is 10.5 Å². The molecule has 2 aromatic heterocycles. The van der Waals surface area contributed by atoms with Crippen molar-refractivity contribution in [2.75, 3.05) is 12.8 Å². The number of nitrogen functional groups attached to an aromatic ring is 1. The van der Waals surface area contributed by atoms with E-state index in [0.29, 0.717) is 22.5 Å². The predicted octanol–water partition coefficient (Wildman–Crippen LogP) is 0.700. The quantitative estimate of drug-likeness (QED) is 0.704. The molecule has 0 unspecified atom stereocenters. The molecule has 0 amide bonds. The van der Waals surface area contributed by atoms with Crippen LogP contribution in [0.4, 0.5) is 5.82 Å². The monoisotopic (exact) mass is 257 g/mol.